The fraction of sp³-hybridized carbons (Fsp3) is 0.222. The third-order valence-corrected chi connectivity index (χ3v) is 3.74. The summed E-state index contributed by atoms with van der Waals surface area (Å²) in [7, 11) is 0. The average Bonchev–Trinajstić information content (AvgIpc) is 2.53. The molecule has 0 aliphatic heterocycles. The minimum absolute atomic E-state index is 0.0597. The highest BCUT2D eigenvalue weighted by atomic mass is 79.9. The van der Waals surface area contributed by atoms with Crippen molar-refractivity contribution < 1.29 is 14.3 Å². The Kier molecular flexibility index (Phi) is 6.37. The number of carbonyl (C=O) groups excluding carboxylic acids is 2. The van der Waals surface area contributed by atoms with E-state index in [1.54, 1.807) is 36.4 Å². The van der Waals surface area contributed by atoms with Gasteiger partial charge in [0.15, 0.2) is 0 Å². The Labute approximate surface area is 149 Å². The standard InChI is InChI=1S/C18H19BrN2O3/c1-3-24-17-9-7-16(8-10-17)21(13(2)22)12-18(23)20-15-6-4-5-14(19)11-15/h4-11H,3,12H2,1-2H3,(H,20,23). The molecule has 0 aromatic heterocycles. The Hall–Kier alpha value is -2.34. The molecule has 0 spiro atoms. The van der Waals surface area contributed by atoms with Crippen molar-refractivity contribution in [3.63, 3.8) is 0 Å². The van der Waals surface area contributed by atoms with E-state index in [1.807, 2.05) is 19.1 Å². The van der Waals surface area contributed by atoms with Crippen molar-refractivity contribution in [1.82, 2.24) is 0 Å². The zero-order valence-electron chi connectivity index (χ0n) is 13.6. The van der Waals surface area contributed by atoms with Crippen LogP contribution < -0.4 is 15.0 Å². The van der Waals surface area contributed by atoms with Crippen molar-refractivity contribution in [2.75, 3.05) is 23.4 Å². The summed E-state index contributed by atoms with van der Waals surface area (Å²) in [5.41, 5.74) is 1.32. The summed E-state index contributed by atoms with van der Waals surface area (Å²) in [5.74, 6) is 0.254. The lowest BCUT2D eigenvalue weighted by Gasteiger charge is -2.21. The Morgan fingerprint density at radius 1 is 1.17 bits per heavy atom. The summed E-state index contributed by atoms with van der Waals surface area (Å²) in [6.45, 7) is 3.85. The molecule has 2 aromatic rings. The molecule has 0 aliphatic rings. The van der Waals surface area contributed by atoms with Crippen LogP contribution in [0.4, 0.5) is 11.4 Å². The predicted molar refractivity (Wildman–Crippen MR) is 98.4 cm³/mol. The van der Waals surface area contributed by atoms with Crippen LogP contribution in [0, 0.1) is 0 Å². The summed E-state index contributed by atoms with van der Waals surface area (Å²) in [5, 5.41) is 2.78. The summed E-state index contributed by atoms with van der Waals surface area (Å²) in [4.78, 5) is 25.6. The third-order valence-electron chi connectivity index (χ3n) is 3.25. The maximum absolute atomic E-state index is 12.2. The van der Waals surface area contributed by atoms with E-state index in [0.717, 1.165) is 10.2 Å². The van der Waals surface area contributed by atoms with Crippen LogP contribution in [0.1, 0.15) is 13.8 Å². The summed E-state index contributed by atoms with van der Waals surface area (Å²) in [6.07, 6.45) is 0. The molecule has 0 aliphatic carbocycles. The van der Waals surface area contributed by atoms with Crippen LogP contribution in [0.5, 0.6) is 5.75 Å². The number of nitrogens with zero attached hydrogens (tertiary/aromatic N) is 1. The van der Waals surface area contributed by atoms with Gasteiger partial charge in [-0.1, -0.05) is 22.0 Å². The fourth-order valence-corrected chi connectivity index (χ4v) is 2.58. The Bertz CT molecular complexity index is 716. The quantitative estimate of drug-likeness (QED) is 0.814. The van der Waals surface area contributed by atoms with Crippen LogP contribution in [-0.4, -0.2) is 25.0 Å². The van der Waals surface area contributed by atoms with E-state index < -0.39 is 0 Å². The molecule has 0 radical (unpaired) electrons. The zero-order valence-corrected chi connectivity index (χ0v) is 15.2. The van der Waals surface area contributed by atoms with Crippen molar-refractivity contribution in [3.8, 4) is 5.75 Å². The first-order valence-electron chi connectivity index (χ1n) is 7.56. The lowest BCUT2D eigenvalue weighted by atomic mass is 10.2. The van der Waals surface area contributed by atoms with Crippen molar-refractivity contribution in [2.45, 2.75) is 13.8 Å². The molecule has 24 heavy (non-hydrogen) atoms. The maximum Gasteiger partial charge on any atom is 0.244 e. The number of nitrogens with one attached hydrogen (secondary N) is 1. The molecule has 0 saturated carbocycles. The first-order valence-corrected chi connectivity index (χ1v) is 8.35. The van der Waals surface area contributed by atoms with E-state index in [4.69, 9.17) is 4.74 Å². The highest BCUT2D eigenvalue weighted by molar-refractivity contribution is 9.10. The molecule has 2 aromatic carbocycles. The van der Waals surface area contributed by atoms with Crippen LogP contribution in [0.3, 0.4) is 0 Å². The van der Waals surface area contributed by atoms with Gasteiger partial charge in [-0.2, -0.15) is 0 Å². The smallest absolute Gasteiger partial charge is 0.244 e. The molecule has 1 N–H and O–H groups in total. The molecule has 6 heteroatoms. The van der Waals surface area contributed by atoms with Crippen LogP contribution in [-0.2, 0) is 9.59 Å². The van der Waals surface area contributed by atoms with Gasteiger partial charge in [0.05, 0.1) is 6.61 Å². The summed E-state index contributed by atoms with van der Waals surface area (Å²) < 4.78 is 6.26. The van der Waals surface area contributed by atoms with E-state index in [9.17, 15) is 9.59 Å². The van der Waals surface area contributed by atoms with E-state index in [-0.39, 0.29) is 18.4 Å². The van der Waals surface area contributed by atoms with Crippen molar-refractivity contribution >= 4 is 39.1 Å². The number of rotatable bonds is 6. The summed E-state index contributed by atoms with van der Waals surface area (Å²) >= 11 is 3.35. The number of amides is 2. The largest absolute Gasteiger partial charge is 0.494 e. The molecule has 5 nitrogen and oxygen atoms in total. The minimum atomic E-state index is -0.266. The van der Waals surface area contributed by atoms with Crippen LogP contribution in [0.25, 0.3) is 0 Å². The van der Waals surface area contributed by atoms with Crippen LogP contribution in [0.2, 0.25) is 0 Å². The molecular formula is C18H19BrN2O3. The Balaban J connectivity index is 2.07. The molecule has 126 valence electrons. The van der Waals surface area contributed by atoms with Gasteiger partial charge < -0.3 is 15.0 Å². The number of halogens is 1. The summed E-state index contributed by atoms with van der Waals surface area (Å²) in [6, 6.07) is 14.4. The number of hydrogen-bond donors (Lipinski definition) is 1. The third kappa shape index (κ3) is 5.09. The number of anilines is 2. The van der Waals surface area contributed by atoms with Gasteiger partial charge in [0.25, 0.3) is 0 Å². The number of hydrogen-bond acceptors (Lipinski definition) is 3. The second kappa shape index (κ2) is 8.49. The van der Waals surface area contributed by atoms with Crippen LogP contribution >= 0.6 is 15.9 Å². The molecule has 0 bridgehead atoms. The van der Waals surface area contributed by atoms with Crippen molar-refractivity contribution in [1.29, 1.82) is 0 Å². The SMILES string of the molecule is CCOc1ccc(N(CC(=O)Nc2cccc(Br)c2)C(C)=O)cc1. The van der Waals surface area contributed by atoms with Gasteiger partial charge in [-0.25, -0.2) is 0 Å². The first-order chi connectivity index (χ1) is 11.5. The van der Waals surface area contributed by atoms with Gasteiger partial charge in [0, 0.05) is 22.8 Å². The minimum Gasteiger partial charge on any atom is -0.494 e. The molecular weight excluding hydrogens is 372 g/mol. The molecule has 0 fully saturated rings. The Morgan fingerprint density at radius 2 is 1.88 bits per heavy atom. The lowest BCUT2D eigenvalue weighted by Crippen LogP contribution is -2.36. The van der Waals surface area contributed by atoms with Crippen molar-refractivity contribution in [2.24, 2.45) is 0 Å². The maximum atomic E-state index is 12.2. The Morgan fingerprint density at radius 3 is 2.46 bits per heavy atom. The van der Waals surface area contributed by atoms with Gasteiger partial charge in [-0.05, 0) is 49.4 Å². The zero-order chi connectivity index (χ0) is 17.5. The van der Waals surface area contributed by atoms with Gasteiger partial charge >= 0.3 is 0 Å². The number of carbonyl (C=O) groups is 2. The molecule has 0 heterocycles. The molecule has 2 amide bonds. The second-order valence-corrected chi connectivity index (χ2v) is 6.01. The monoisotopic (exact) mass is 390 g/mol. The average molecular weight is 391 g/mol. The van der Waals surface area contributed by atoms with Gasteiger partial charge in [-0.3, -0.25) is 9.59 Å². The van der Waals surface area contributed by atoms with Gasteiger partial charge in [-0.15, -0.1) is 0 Å². The normalized spacial score (nSPS) is 10.1. The van der Waals surface area contributed by atoms with E-state index >= 15 is 0 Å². The van der Waals surface area contributed by atoms with Crippen LogP contribution in [0.15, 0.2) is 53.0 Å². The highest BCUT2D eigenvalue weighted by Crippen LogP contribution is 2.20. The highest BCUT2D eigenvalue weighted by Gasteiger charge is 2.16. The molecule has 0 saturated heterocycles. The number of ether oxygens (including phenoxy) is 1. The first kappa shape index (κ1) is 18.0. The molecule has 2 rings (SSSR count). The van der Waals surface area contributed by atoms with E-state index in [0.29, 0.717) is 18.0 Å². The van der Waals surface area contributed by atoms with E-state index in [2.05, 4.69) is 21.2 Å². The molecule has 0 atom stereocenters. The fourth-order valence-electron chi connectivity index (χ4n) is 2.18. The van der Waals surface area contributed by atoms with Gasteiger partial charge in [0.2, 0.25) is 11.8 Å². The second-order valence-electron chi connectivity index (χ2n) is 5.09. The lowest BCUT2D eigenvalue weighted by molar-refractivity contribution is -0.120. The van der Waals surface area contributed by atoms with Crippen molar-refractivity contribution in [3.05, 3.63) is 53.0 Å². The topological polar surface area (TPSA) is 58.6 Å². The predicted octanol–water partition coefficient (Wildman–Crippen LogP) is 3.84. The molecule has 0 unspecified atom stereocenters. The van der Waals surface area contributed by atoms with Gasteiger partial charge in [0.1, 0.15) is 12.3 Å². The van der Waals surface area contributed by atoms with E-state index in [1.165, 1.54) is 11.8 Å². The number of benzene rings is 2.